The van der Waals surface area contributed by atoms with Crippen molar-refractivity contribution in [2.24, 2.45) is 5.92 Å². The molecule has 0 unspecified atom stereocenters. The number of carbonyl (C=O) groups is 2. The molecule has 1 N–H and O–H groups in total. The molecule has 1 aliphatic rings. The van der Waals surface area contributed by atoms with Crippen molar-refractivity contribution in [3.05, 3.63) is 41.1 Å². The highest BCUT2D eigenvalue weighted by atomic mass is 16.5. The van der Waals surface area contributed by atoms with E-state index in [-0.39, 0.29) is 5.91 Å². The third-order valence-electron chi connectivity index (χ3n) is 4.71. The van der Waals surface area contributed by atoms with Gasteiger partial charge in [-0.25, -0.2) is 4.79 Å². The minimum Gasteiger partial charge on any atom is -0.449 e. The zero-order valence-corrected chi connectivity index (χ0v) is 15.0. The van der Waals surface area contributed by atoms with Crippen molar-refractivity contribution < 1.29 is 14.3 Å². The van der Waals surface area contributed by atoms with Gasteiger partial charge in [0.15, 0.2) is 6.10 Å². The molecule has 0 fully saturated rings. The standard InChI is InChI=1S/C20H24N2O3/c1-4-21-19(23)13(3)25-20(24)18-14-7-5-6-8-16(14)22-17-10-9-12(2)11-15(17)18/h5-8,12-13H,4,9-11H2,1-3H3,(H,21,23)/t12-,13-/m0/s1. The molecule has 1 amide bonds. The predicted molar refractivity (Wildman–Crippen MR) is 96.5 cm³/mol. The summed E-state index contributed by atoms with van der Waals surface area (Å²) in [7, 11) is 0. The first-order valence-electron chi connectivity index (χ1n) is 8.90. The van der Waals surface area contributed by atoms with Crippen LogP contribution in [0.4, 0.5) is 0 Å². The Labute approximate surface area is 147 Å². The number of pyridine rings is 1. The normalized spacial score (nSPS) is 17.6. The number of amides is 1. The molecule has 0 saturated carbocycles. The summed E-state index contributed by atoms with van der Waals surface area (Å²) in [5.41, 5.74) is 3.33. The van der Waals surface area contributed by atoms with Gasteiger partial charge in [-0.3, -0.25) is 9.78 Å². The van der Waals surface area contributed by atoms with E-state index in [0.29, 0.717) is 18.0 Å². The van der Waals surface area contributed by atoms with Crippen molar-refractivity contribution in [3.63, 3.8) is 0 Å². The van der Waals surface area contributed by atoms with Gasteiger partial charge in [-0.15, -0.1) is 0 Å². The Balaban J connectivity index is 2.03. The summed E-state index contributed by atoms with van der Waals surface area (Å²) in [5.74, 6) is -0.220. The van der Waals surface area contributed by atoms with E-state index in [0.717, 1.165) is 41.4 Å². The molecule has 0 radical (unpaired) electrons. The number of esters is 1. The fourth-order valence-corrected chi connectivity index (χ4v) is 3.39. The summed E-state index contributed by atoms with van der Waals surface area (Å²) >= 11 is 0. The Morgan fingerprint density at radius 2 is 2.12 bits per heavy atom. The average molecular weight is 340 g/mol. The number of aryl methyl sites for hydroxylation is 1. The lowest BCUT2D eigenvalue weighted by molar-refractivity contribution is -0.128. The van der Waals surface area contributed by atoms with E-state index in [2.05, 4.69) is 12.2 Å². The maximum absolute atomic E-state index is 12.9. The van der Waals surface area contributed by atoms with Gasteiger partial charge in [0.25, 0.3) is 5.91 Å². The zero-order valence-electron chi connectivity index (χ0n) is 15.0. The van der Waals surface area contributed by atoms with Gasteiger partial charge in [-0.2, -0.15) is 0 Å². The van der Waals surface area contributed by atoms with Gasteiger partial charge in [0, 0.05) is 17.6 Å². The van der Waals surface area contributed by atoms with Crippen LogP contribution in [0.2, 0.25) is 0 Å². The van der Waals surface area contributed by atoms with Crippen LogP contribution in [0.15, 0.2) is 24.3 Å². The van der Waals surface area contributed by atoms with E-state index in [1.165, 1.54) is 0 Å². The van der Waals surface area contributed by atoms with Crippen LogP contribution in [0, 0.1) is 5.92 Å². The van der Waals surface area contributed by atoms with Gasteiger partial charge < -0.3 is 10.1 Å². The van der Waals surface area contributed by atoms with Crippen LogP contribution in [-0.4, -0.2) is 29.5 Å². The highest BCUT2D eigenvalue weighted by Gasteiger charge is 2.28. The summed E-state index contributed by atoms with van der Waals surface area (Å²) in [6, 6.07) is 7.62. The maximum Gasteiger partial charge on any atom is 0.339 e. The summed E-state index contributed by atoms with van der Waals surface area (Å²) in [6.45, 7) is 6.12. The number of aromatic nitrogens is 1. The van der Waals surface area contributed by atoms with Gasteiger partial charge in [0.2, 0.25) is 0 Å². The van der Waals surface area contributed by atoms with Crippen LogP contribution >= 0.6 is 0 Å². The van der Waals surface area contributed by atoms with Gasteiger partial charge in [0.05, 0.1) is 11.1 Å². The molecule has 2 atom stereocenters. The molecule has 0 saturated heterocycles. The lowest BCUT2D eigenvalue weighted by Crippen LogP contribution is -2.36. The molecule has 5 heteroatoms. The summed E-state index contributed by atoms with van der Waals surface area (Å²) in [6.07, 6.45) is 1.93. The number of hydrogen-bond donors (Lipinski definition) is 1. The fraction of sp³-hybridized carbons (Fsp3) is 0.450. The van der Waals surface area contributed by atoms with Crippen LogP contribution < -0.4 is 5.32 Å². The van der Waals surface area contributed by atoms with E-state index < -0.39 is 12.1 Å². The number of rotatable bonds is 4. The maximum atomic E-state index is 12.9. The van der Waals surface area contributed by atoms with Crippen LogP contribution in [0.1, 0.15) is 48.8 Å². The van der Waals surface area contributed by atoms with E-state index in [4.69, 9.17) is 9.72 Å². The van der Waals surface area contributed by atoms with Crippen LogP contribution in [0.5, 0.6) is 0 Å². The largest absolute Gasteiger partial charge is 0.449 e. The Kier molecular flexibility index (Phi) is 5.02. The predicted octanol–water partition coefficient (Wildman–Crippen LogP) is 3.04. The summed E-state index contributed by atoms with van der Waals surface area (Å²) in [5, 5.41) is 3.48. The molecule has 2 aromatic rings. The Morgan fingerprint density at radius 3 is 2.88 bits per heavy atom. The number of likely N-dealkylation sites (N-methyl/N-ethyl adjacent to an activating group) is 1. The number of para-hydroxylation sites is 1. The molecule has 1 heterocycles. The second kappa shape index (κ2) is 7.21. The van der Waals surface area contributed by atoms with Gasteiger partial charge in [0.1, 0.15) is 0 Å². The number of fused-ring (bicyclic) bond motifs is 2. The smallest absolute Gasteiger partial charge is 0.339 e. The number of carbonyl (C=O) groups excluding carboxylic acids is 2. The number of ether oxygens (including phenoxy) is 1. The van der Waals surface area contributed by atoms with Crippen LogP contribution in [-0.2, 0) is 22.4 Å². The first kappa shape index (κ1) is 17.4. The molecule has 0 bridgehead atoms. The molecular weight excluding hydrogens is 316 g/mol. The molecule has 132 valence electrons. The van der Waals surface area contributed by atoms with E-state index >= 15 is 0 Å². The molecule has 3 rings (SSSR count). The molecule has 25 heavy (non-hydrogen) atoms. The second-order valence-electron chi connectivity index (χ2n) is 6.72. The molecule has 1 aromatic carbocycles. The minimum absolute atomic E-state index is 0.281. The van der Waals surface area contributed by atoms with Crippen molar-refractivity contribution >= 4 is 22.8 Å². The van der Waals surface area contributed by atoms with Crippen molar-refractivity contribution in [2.75, 3.05) is 6.54 Å². The highest BCUT2D eigenvalue weighted by molar-refractivity contribution is 6.05. The molecule has 5 nitrogen and oxygen atoms in total. The topological polar surface area (TPSA) is 68.3 Å². The second-order valence-corrected chi connectivity index (χ2v) is 6.72. The van der Waals surface area contributed by atoms with Crippen molar-refractivity contribution in [1.82, 2.24) is 10.3 Å². The van der Waals surface area contributed by atoms with E-state index in [1.807, 2.05) is 31.2 Å². The molecular formula is C20H24N2O3. The molecule has 1 aromatic heterocycles. The van der Waals surface area contributed by atoms with Crippen molar-refractivity contribution in [3.8, 4) is 0 Å². The van der Waals surface area contributed by atoms with Gasteiger partial charge in [-0.1, -0.05) is 25.1 Å². The fourth-order valence-electron chi connectivity index (χ4n) is 3.39. The summed E-state index contributed by atoms with van der Waals surface area (Å²) in [4.78, 5) is 29.6. The quantitative estimate of drug-likeness (QED) is 0.869. The Morgan fingerprint density at radius 1 is 1.36 bits per heavy atom. The molecule has 0 spiro atoms. The van der Waals surface area contributed by atoms with Gasteiger partial charge in [-0.05, 0) is 50.7 Å². The first-order chi connectivity index (χ1) is 12.0. The SMILES string of the molecule is CCNC(=O)[C@H](C)OC(=O)c1c2c(nc3ccccc13)CC[C@H](C)C2. The zero-order chi connectivity index (χ0) is 18.0. The Bertz CT molecular complexity index is 816. The van der Waals surface area contributed by atoms with Crippen LogP contribution in [0.3, 0.4) is 0 Å². The van der Waals surface area contributed by atoms with E-state index in [9.17, 15) is 9.59 Å². The number of hydrogen-bond acceptors (Lipinski definition) is 4. The summed E-state index contributed by atoms with van der Waals surface area (Å²) < 4.78 is 5.48. The lowest BCUT2D eigenvalue weighted by Gasteiger charge is -2.24. The minimum atomic E-state index is -0.823. The monoisotopic (exact) mass is 340 g/mol. The average Bonchev–Trinajstić information content (AvgIpc) is 2.59. The number of benzene rings is 1. The highest BCUT2D eigenvalue weighted by Crippen LogP contribution is 2.32. The van der Waals surface area contributed by atoms with Gasteiger partial charge >= 0.3 is 5.97 Å². The van der Waals surface area contributed by atoms with Crippen molar-refractivity contribution in [2.45, 2.75) is 46.1 Å². The van der Waals surface area contributed by atoms with Crippen molar-refractivity contribution in [1.29, 1.82) is 0 Å². The Hall–Kier alpha value is -2.43. The molecule has 0 aliphatic heterocycles. The lowest BCUT2D eigenvalue weighted by atomic mass is 9.84. The third-order valence-corrected chi connectivity index (χ3v) is 4.71. The number of nitrogens with one attached hydrogen (secondary N) is 1. The first-order valence-corrected chi connectivity index (χ1v) is 8.90. The van der Waals surface area contributed by atoms with E-state index in [1.54, 1.807) is 6.92 Å². The number of nitrogens with zero attached hydrogens (tertiary/aromatic N) is 1. The third kappa shape index (κ3) is 3.50. The van der Waals surface area contributed by atoms with Crippen LogP contribution in [0.25, 0.3) is 10.9 Å². The molecule has 1 aliphatic carbocycles.